The maximum atomic E-state index is 5.75. The smallest absolute Gasteiger partial charge is 0.259 e. The van der Waals surface area contributed by atoms with Gasteiger partial charge in [0.05, 0.1) is 11.2 Å². The first kappa shape index (κ1) is 14.9. The molecule has 1 atom stereocenters. The van der Waals surface area contributed by atoms with E-state index in [-0.39, 0.29) is 5.60 Å². The van der Waals surface area contributed by atoms with Crippen LogP contribution in [0.2, 0.25) is 0 Å². The van der Waals surface area contributed by atoms with Crippen molar-refractivity contribution < 1.29 is 14.0 Å². The molecule has 0 spiro atoms. The quantitative estimate of drug-likeness (QED) is 0.876. The standard InChI is InChI=1S/C15H20N4O3/c1-15(6-3-7-21-15)10-17-12-5-4-11(8-16-12)14-18-13(9-20-2)19-22-14/h4-5,8H,3,6-7,9-10H2,1-2H3,(H,16,17). The molecule has 1 N–H and O–H groups in total. The Morgan fingerprint density at radius 1 is 1.41 bits per heavy atom. The fourth-order valence-electron chi connectivity index (χ4n) is 2.44. The Morgan fingerprint density at radius 2 is 2.32 bits per heavy atom. The van der Waals surface area contributed by atoms with Crippen molar-refractivity contribution in [1.82, 2.24) is 15.1 Å². The lowest BCUT2D eigenvalue weighted by atomic mass is 10.0. The zero-order chi connectivity index (χ0) is 15.4. The summed E-state index contributed by atoms with van der Waals surface area (Å²) in [6.45, 7) is 4.04. The molecule has 0 aromatic carbocycles. The lowest BCUT2D eigenvalue weighted by Gasteiger charge is -2.23. The summed E-state index contributed by atoms with van der Waals surface area (Å²) < 4.78 is 15.9. The summed E-state index contributed by atoms with van der Waals surface area (Å²) in [7, 11) is 1.59. The number of nitrogens with one attached hydrogen (secondary N) is 1. The highest BCUT2D eigenvalue weighted by molar-refractivity contribution is 5.54. The van der Waals surface area contributed by atoms with Gasteiger partial charge in [-0.3, -0.25) is 0 Å². The van der Waals surface area contributed by atoms with Gasteiger partial charge in [-0.2, -0.15) is 4.98 Å². The Labute approximate surface area is 129 Å². The van der Waals surface area contributed by atoms with Crippen LogP contribution in [0.25, 0.3) is 11.5 Å². The van der Waals surface area contributed by atoms with E-state index >= 15 is 0 Å². The molecule has 0 radical (unpaired) electrons. The van der Waals surface area contributed by atoms with Gasteiger partial charge in [0.1, 0.15) is 12.4 Å². The molecule has 2 aromatic heterocycles. The summed E-state index contributed by atoms with van der Waals surface area (Å²) in [4.78, 5) is 8.61. The van der Waals surface area contributed by atoms with Gasteiger partial charge in [0.2, 0.25) is 0 Å². The maximum Gasteiger partial charge on any atom is 0.259 e. The van der Waals surface area contributed by atoms with E-state index in [1.165, 1.54) is 0 Å². The Bertz CT molecular complexity index is 606. The van der Waals surface area contributed by atoms with Gasteiger partial charge in [0.25, 0.3) is 5.89 Å². The van der Waals surface area contributed by atoms with Gasteiger partial charge in [-0.05, 0) is 31.9 Å². The van der Waals surface area contributed by atoms with Gasteiger partial charge in [-0.25, -0.2) is 4.98 Å². The number of aromatic nitrogens is 3. The molecule has 118 valence electrons. The first-order valence-electron chi connectivity index (χ1n) is 7.34. The van der Waals surface area contributed by atoms with Crippen molar-refractivity contribution in [1.29, 1.82) is 0 Å². The predicted octanol–water partition coefficient (Wildman–Crippen LogP) is 2.26. The van der Waals surface area contributed by atoms with Crippen molar-refractivity contribution in [2.24, 2.45) is 0 Å². The fraction of sp³-hybridized carbons (Fsp3) is 0.533. The molecule has 3 rings (SSSR count). The van der Waals surface area contributed by atoms with Crippen LogP contribution in [-0.2, 0) is 16.1 Å². The Morgan fingerprint density at radius 3 is 3.00 bits per heavy atom. The third-order valence-electron chi connectivity index (χ3n) is 3.70. The van der Waals surface area contributed by atoms with Gasteiger partial charge in [0.15, 0.2) is 5.82 Å². The van der Waals surface area contributed by atoms with Gasteiger partial charge in [-0.15, -0.1) is 0 Å². The molecule has 3 heterocycles. The van der Waals surface area contributed by atoms with Crippen molar-refractivity contribution in [2.45, 2.75) is 32.0 Å². The summed E-state index contributed by atoms with van der Waals surface area (Å²) in [6, 6.07) is 3.80. The second-order valence-electron chi connectivity index (χ2n) is 5.64. The first-order chi connectivity index (χ1) is 10.7. The molecule has 1 saturated heterocycles. The minimum absolute atomic E-state index is 0.0953. The molecule has 1 aliphatic rings. The number of ether oxygens (including phenoxy) is 2. The predicted molar refractivity (Wildman–Crippen MR) is 80.3 cm³/mol. The molecule has 1 unspecified atom stereocenters. The molecular formula is C15H20N4O3. The lowest BCUT2D eigenvalue weighted by Crippen LogP contribution is -2.32. The number of rotatable bonds is 6. The fourth-order valence-corrected chi connectivity index (χ4v) is 2.44. The Balaban J connectivity index is 1.62. The van der Waals surface area contributed by atoms with Crippen molar-refractivity contribution in [3.8, 4) is 11.5 Å². The molecule has 1 fully saturated rings. The van der Waals surface area contributed by atoms with Crippen molar-refractivity contribution in [3.05, 3.63) is 24.2 Å². The third kappa shape index (κ3) is 3.42. The monoisotopic (exact) mass is 304 g/mol. The summed E-state index contributed by atoms with van der Waals surface area (Å²) in [6.07, 6.45) is 3.90. The number of hydrogen-bond donors (Lipinski definition) is 1. The van der Waals surface area contributed by atoms with E-state index in [9.17, 15) is 0 Å². The van der Waals surface area contributed by atoms with E-state index in [2.05, 4.69) is 27.4 Å². The van der Waals surface area contributed by atoms with Crippen LogP contribution in [0.4, 0.5) is 5.82 Å². The van der Waals surface area contributed by atoms with E-state index < -0.39 is 0 Å². The maximum absolute atomic E-state index is 5.75. The van der Waals surface area contributed by atoms with E-state index in [1.807, 2.05) is 12.1 Å². The Kier molecular flexibility index (Phi) is 4.35. The van der Waals surface area contributed by atoms with Crippen LogP contribution in [0.3, 0.4) is 0 Å². The molecule has 7 nitrogen and oxygen atoms in total. The van der Waals surface area contributed by atoms with Gasteiger partial charge < -0.3 is 19.3 Å². The first-order valence-corrected chi connectivity index (χ1v) is 7.34. The van der Waals surface area contributed by atoms with E-state index in [0.29, 0.717) is 18.3 Å². The summed E-state index contributed by atoms with van der Waals surface area (Å²) in [5, 5.41) is 7.14. The van der Waals surface area contributed by atoms with Crippen LogP contribution < -0.4 is 5.32 Å². The zero-order valence-electron chi connectivity index (χ0n) is 12.8. The van der Waals surface area contributed by atoms with Crippen LogP contribution in [0.15, 0.2) is 22.9 Å². The van der Waals surface area contributed by atoms with Crippen LogP contribution in [0.5, 0.6) is 0 Å². The molecular weight excluding hydrogens is 284 g/mol. The van der Waals surface area contributed by atoms with Gasteiger partial charge in [0, 0.05) is 26.5 Å². The number of nitrogens with zero attached hydrogens (tertiary/aromatic N) is 3. The second-order valence-corrected chi connectivity index (χ2v) is 5.64. The van der Waals surface area contributed by atoms with Crippen molar-refractivity contribution in [3.63, 3.8) is 0 Å². The number of hydrogen-bond acceptors (Lipinski definition) is 7. The molecule has 2 aromatic rings. The van der Waals surface area contributed by atoms with Gasteiger partial charge >= 0.3 is 0 Å². The summed E-state index contributed by atoms with van der Waals surface area (Å²) >= 11 is 0. The zero-order valence-corrected chi connectivity index (χ0v) is 12.8. The van der Waals surface area contributed by atoms with Crippen molar-refractivity contribution in [2.75, 3.05) is 25.6 Å². The third-order valence-corrected chi connectivity index (χ3v) is 3.70. The Hall–Kier alpha value is -1.99. The number of methoxy groups -OCH3 is 1. The summed E-state index contributed by atoms with van der Waals surface area (Å²) in [5.41, 5.74) is 0.686. The molecule has 1 aliphatic heterocycles. The van der Waals surface area contributed by atoms with E-state index in [4.69, 9.17) is 14.0 Å². The molecule has 22 heavy (non-hydrogen) atoms. The average molecular weight is 304 g/mol. The normalized spacial score (nSPS) is 21.2. The average Bonchev–Trinajstić information content (AvgIpc) is 3.16. The molecule has 0 amide bonds. The largest absolute Gasteiger partial charge is 0.377 e. The number of pyridine rings is 1. The molecule has 0 saturated carbocycles. The minimum atomic E-state index is -0.0953. The minimum Gasteiger partial charge on any atom is -0.377 e. The van der Waals surface area contributed by atoms with Crippen LogP contribution in [0, 0.1) is 0 Å². The topological polar surface area (TPSA) is 82.3 Å². The van der Waals surface area contributed by atoms with Crippen LogP contribution in [-0.4, -0.2) is 41.0 Å². The van der Waals surface area contributed by atoms with E-state index in [1.54, 1.807) is 13.3 Å². The SMILES string of the molecule is COCc1noc(-c2ccc(NCC3(C)CCCO3)nc2)n1. The highest BCUT2D eigenvalue weighted by atomic mass is 16.5. The van der Waals surface area contributed by atoms with Crippen molar-refractivity contribution >= 4 is 5.82 Å². The second kappa shape index (κ2) is 6.41. The molecule has 0 aliphatic carbocycles. The van der Waals surface area contributed by atoms with Crippen LogP contribution >= 0.6 is 0 Å². The molecule has 0 bridgehead atoms. The number of anilines is 1. The van der Waals surface area contributed by atoms with Gasteiger partial charge in [-0.1, -0.05) is 5.16 Å². The van der Waals surface area contributed by atoms with E-state index in [0.717, 1.165) is 37.4 Å². The highest BCUT2D eigenvalue weighted by Gasteiger charge is 2.29. The van der Waals surface area contributed by atoms with Crippen LogP contribution in [0.1, 0.15) is 25.6 Å². The highest BCUT2D eigenvalue weighted by Crippen LogP contribution is 2.25. The summed E-state index contributed by atoms with van der Waals surface area (Å²) in [5.74, 6) is 1.76. The molecule has 7 heteroatoms. The lowest BCUT2D eigenvalue weighted by molar-refractivity contribution is 0.0315.